The molecular weight excluding hydrogens is 306 g/mol. The van der Waals surface area contributed by atoms with Gasteiger partial charge in [-0.2, -0.15) is 5.10 Å². The van der Waals surface area contributed by atoms with E-state index in [-0.39, 0.29) is 0 Å². The van der Waals surface area contributed by atoms with E-state index in [1.54, 1.807) is 12.5 Å². The first-order chi connectivity index (χ1) is 11.4. The van der Waals surface area contributed by atoms with Crippen molar-refractivity contribution in [2.24, 2.45) is 0 Å². The van der Waals surface area contributed by atoms with Crippen LogP contribution >= 0.6 is 11.3 Å². The summed E-state index contributed by atoms with van der Waals surface area (Å²) in [7, 11) is 0. The Morgan fingerprint density at radius 2 is 2.22 bits per heavy atom. The number of H-pyrrole nitrogens is 1. The zero-order valence-corrected chi connectivity index (χ0v) is 13.9. The van der Waals surface area contributed by atoms with Crippen molar-refractivity contribution < 1.29 is 4.42 Å². The second kappa shape index (κ2) is 6.72. The van der Waals surface area contributed by atoms with Gasteiger partial charge in [0, 0.05) is 17.6 Å². The molecule has 0 aliphatic carbocycles. The highest BCUT2D eigenvalue weighted by molar-refractivity contribution is 7.15. The standard InChI is InChI=1S/C18H21N3OS/c1-2-5-16(17-6-4-12-22-17)21(11-3-1)13-14-7-8-18(23-14)15-9-10-19-20-15/h4,6-10,12,16H,1-3,5,11,13H2,(H,19,20). The number of thiophene rings is 1. The largest absolute Gasteiger partial charge is 0.468 e. The van der Waals surface area contributed by atoms with Gasteiger partial charge in [-0.25, -0.2) is 0 Å². The van der Waals surface area contributed by atoms with E-state index >= 15 is 0 Å². The normalized spacial score (nSPS) is 19.7. The van der Waals surface area contributed by atoms with Gasteiger partial charge < -0.3 is 4.42 Å². The predicted octanol–water partition coefficient (Wildman–Crippen LogP) is 4.85. The van der Waals surface area contributed by atoms with E-state index < -0.39 is 0 Å². The molecule has 0 saturated carbocycles. The molecule has 3 aromatic rings. The first-order valence-corrected chi connectivity index (χ1v) is 9.08. The van der Waals surface area contributed by atoms with Gasteiger partial charge in [0.15, 0.2) is 0 Å². The molecule has 1 saturated heterocycles. The molecule has 23 heavy (non-hydrogen) atoms. The van der Waals surface area contributed by atoms with Gasteiger partial charge in [0.05, 0.1) is 22.9 Å². The van der Waals surface area contributed by atoms with Crippen molar-refractivity contribution in [3.8, 4) is 10.6 Å². The lowest BCUT2D eigenvalue weighted by Gasteiger charge is -2.27. The summed E-state index contributed by atoms with van der Waals surface area (Å²) in [6, 6.07) is 11.0. The summed E-state index contributed by atoms with van der Waals surface area (Å²) in [4.78, 5) is 5.23. The number of likely N-dealkylation sites (tertiary alicyclic amines) is 1. The van der Waals surface area contributed by atoms with Crippen LogP contribution in [0.15, 0.2) is 47.2 Å². The lowest BCUT2D eigenvalue weighted by Crippen LogP contribution is -2.27. The number of aromatic nitrogens is 2. The molecule has 1 N–H and O–H groups in total. The molecule has 1 aliphatic heterocycles. The average Bonchev–Trinajstić information content (AvgIpc) is 3.29. The van der Waals surface area contributed by atoms with Crippen LogP contribution in [0.4, 0.5) is 0 Å². The van der Waals surface area contributed by atoms with E-state index in [2.05, 4.69) is 33.3 Å². The monoisotopic (exact) mass is 327 g/mol. The fourth-order valence-electron chi connectivity index (χ4n) is 3.36. The molecule has 1 fully saturated rings. The van der Waals surface area contributed by atoms with Crippen LogP contribution in [-0.2, 0) is 6.54 Å². The van der Waals surface area contributed by atoms with Crippen molar-refractivity contribution in [2.45, 2.75) is 38.3 Å². The number of hydrogen-bond donors (Lipinski definition) is 1. The molecule has 0 spiro atoms. The molecule has 0 radical (unpaired) electrons. The van der Waals surface area contributed by atoms with Gasteiger partial charge in [-0.3, -0.25) is 10.00 Å². The van der Waals surface area contributed by atoms with E-state index in [0.717, 1.165) is 24.5 Å². The fraction of sp³-hybridized carbons (Fsp3) is 0.389. The van der Waals surface area contributed by atoms with Crippen LogP contribution in [0.2, 0.25) is 0 Å². The molecule has 5 heteroatoms. The molecule has 3 aromatic heterocycles. The highest BCUT2D eigenvalue weighted by Gasteiger charge is 2.25. The minimum Gasteiger partial charge on any atom is -0.468 e. The van der Waals surface area contributed by atoms with Crippen LogP contribution in [0.3, 0.4) is 0 Å². The molecule has 120 valence electrons. The SMILES string of the molecule is c1coc(C2CCCCCN2Cc2ccc(-c3ccn[nH]3)s2)c1. The highest BCUT2D eigenvalue weighted by atomic mass is 32.1. The zero-order valence-electron chi connectivity index (χ0n) is 13.1. The molecule has 0 aromatic carbocycles. The van der Waals surface area contributed by atoms with Crippen LogP contribution < -0.4 is 0 Å². The van der Waals surface area contributed by atoms with E-state index in [4.69, 9.17) is 4.42 Å². The Balaban J connectivity index is 1.53. The van der Waals surface area contributed by atoms with Gasteiger partial charge in [-0.1, -0.05) is 12.8 Å². The summed E-state index contributed by atoms with van der Waals surface area (Å²) in [6.45, 7) is 2.13. The third-order valence-corrected chi connectivity index (χ3v) is 5.63. The van der Waals surface area contributed by atoms with Crippen molar-refractivity contribution in [1.82, 2.24) is 15.1 Å². The number of nitrogens with one attached hydrogen (secondary N) is 1. The van der Waals surface area contributed by atoms with Gasteiger partial charge in [0.1, 0.15) is 5.76 Å². The van der Waals surface area contributed by atoms with E-state index in [1.807, 2.05) is 23.5 Å². The van der Waals surface area contributed by atoms with Crippen LogP contribution in [0.25, 0.3) is 10.6 Å². The van der Waals surface area contributed by atoms with Crippen LogP contribution in [0.5, 0.6) is 0 Å². The fourth-order valence-corrected chi connectivity index (χ4v) is 4.37. The number of rotatable bonds is 4. The second-order valence-corrected chi connectivity index (χ2v) is 7.26. The minimum atomic E-state index is 0.408. The Hall–Kier alpha value is -1.85. The highest BCUT2D eigenvalue weighted by Crippen LogP contribution is 2.34. The molecule has 4 rings (SSSR count). The Kier molecular flexibility index (Phi) is 4.30. The smallest absolute Gasteiger partial charge is 0.120 e. The third-order valence-electron chi connectivity index (χ3n) is 4.52. The van der Waals surface area contributed by atoms with Crippen LogP contribution in [0, 0.1) is 0 Å². The summed E-state index contributed by atoms with van der Waals surface area (Å²) in [5.41, 5.74) is 1.10. The van der Waals surface area contributed by atoms with Crippen molar-refractivity contribution in [2.75, 3.05) is 6.54 Å². The van der Waals surface area contributed by atoms with Crippen molar-refractivity contribution in [1.29, 1.82) is 0 Å². The molecule has 4 nitrogen and oxygen atoms in total. The van der Waals surface area contributed by atoms with Gasteiger partial charge in [0.25, 0.3) is 0 Å². The lowest BCUT2D eigenvalue weighted by molar-refractivity contribution is 0.171. The second-order valence-electron chi connectivity index (χ2n) is 6.09. The summed E-state index contributed by atoms with van der Waals surface area (Å²) in [5.74, 6) is 1.11. The quantitative estimate of drug-likeness (QED) is 0.745. The van der Waals surface area contributed by atoms with Gasteiger partial charge in [-0.05, 0) is 49.7 Å². The number of nitrogens with zero attached hydrogens (tertiary/aromatic N) is 2. The predicted molar refractivity (Wildman–Crippen MR) is 92.2 cm³/mol. The van der Waals surface area contributed by atoms with Gasteiger partial charge in [0.2, 0.25) is 0 Å². The van der Waals surface area contributed by atoms with Crippen molar-refractivity contribution >= 4 is 11.3 Å². The zero-order chi connectivity index (χ0) is 15.5. The first-order valence-electron chi connectivity index (χ1n) is 8.26. The van der Waals surface area contributed by atoms with Crippen molar-refractivity contribution in [3.63, 3.8) is 0 Å². The molecule has 1 unspecified atom stereocenters. The summed E-state index contributed by atoms with van der Waals surface area (Å²) in [5, 5.41) is 7.08. The molecule has 4 heterocycles. The van der Waals surface area contributed by atoms with Crippen molar-refractivity contribution in [3.05, 3.63) is 53.4 Å². The Morgan fingerprint density at radius 3 is 3.04 bits per heavy atom. The minimum absolute atomic E-state index is 0.408. The molecule has 1 aliphatic rings. The summed E-state index contributed by atoms with van der Waals surface area (Å²) >= 11 is 1.85. The average molecular weight is 327 g/mol. The summed E-state index contributed by atoms with van der Waals surface area (Å²) < 4.78 is 5.71. The maximum Gasteiger partial charge on any atom is 0.120 e. The molecule has 0 bridgehead atoms. The topological polar surface area (TPSA) is 45.1 Å². The number of aromatic amines is 1. The van der Waals surface area contributed by atoms with Crippen LogP contribution in [0.1, 0.15) is 42.4 Å². The molecule has 1 atom stereocenters. The Labute approximate surface area is 140 Å². The van der Waals surface area contributed by atoms with Gasteiger partial charge in [-0.15, -0.1) is 11.3 Å². The van der Waals surface area contributed by atoms with E-state index in [9.17, 15) is 0 Å². The Morgan fingerprint density at radius 1 is 1.22 bits per heavy atom. The third kappa shape index (κ3) is 3.26. The maximum absolute atomic E-state index is 5.71. The van der Waals surface area contributed by atoms with E-state index in [1.165, 1.54) is 35.4 Å². The van der Waals surface area contributed by atoms with E-state index in [0.29, 0.717) is 6.04 Å². The Bertz CT molecular complexity index is 717. The molecule has 0 amide bonds. The van der Waals surface area contributed by atoms with Crippen LogP contribution in [-0.4, -0.2) is 21.6 Å². The van der Waals surface area contributed by atoms with Gasteiger partial charge >= 0.3 is 0 Å². The maximum atomic E-state index is 5.71. The molecular formula is C18H21N3OS. The number of hydrogen-bond acceptors (Lipinski definition) is 4. The summed E-state index contributed by atoms with van der Waals surface area (Å²) in [6.07, 6.45) is 8.65. The number of furan rings is 1. The lowest BCUT2D eigenvalue weighted by atomic mass is 10.1. The first kappa shape index (κ1) is 14.7.